The van der Waals surface area contributed by atoms with Crippen molar-refractivity contribution >= 4 is 49.3 Å². The van der Waals surface area contributed by atoms with Crippen molar-refractivity contribution in [1.29, 1.82) is 0 Å². The number of ether oxygens (including phenoxy) is 2. The highest BCUT2D eigenvalue weighted by Crippen LogP contribution is 2.49. The summed E-state index contributed by atoms with van der Waals surface area (Å²) < 4.78 is 79.9. The Labute approximate surface area is 332 Å². The zero-order valence-corrected chi connectivity index (χ0v) is 33.9. The van der Waals surface area contributed by atoms with Crippen molar-refractivity contribution in [2.75, 3.05) is 19.1 Å². The standard InChI is InChI=1S/C43H42N2O10S2/c1-42(2)34-24-32(56(48,49)50)20-22-36(34)44(26-28-12-16-30(17-13-28)40(46)54-5)38(42)10-8-7-9-11-39-43(3,4)35-25-33(57(51,52)53)21-23-37(35)45(39)27-29-14-18-31(19-15-29)41(47)55-6/h7-25H,26-27H2,1-6H3,(H-,48,49,50,51,52,53)/p+1. The van der Waals surface area contributed by atoms with Crippen LogP contribution in [0.2, 0.25) is 0 Å². The van der Waals surface area contributed by atoms with Crippen molar-refractivity contribution in [2.24, 2.45) is 0 Å². The summed E-state index contributed by atoms with van der Waals surface area (Å²) in [7, 11) is -6.28. The molecule has 0 radical (unpaired) electrons. The van der Waals surface area contributed by atoms with Crippen molar-refractivity contribution < 1.29 is 49.6 Å². The molecule has 0 unspecified atom stereocenters. The third-order valence-corrected chi connectivity index (χ3v) is 12.2. The monoisotopic (exact) mass is 811 g/mol. The van der Waals surface area contributed by atoms with E-state index in [2.05, 4.69) is 9.48 Å². The van der Waals surface area contributed by atoms with Gasteiger partial charge in [-0.1, -0.05) is 56.3 Å². The van der Waals surface area contributed by atoms with E-state index in [1.165, 1.54) is 38.5 Å². The molecular formula is C43H43N2O10S2+. The summed E-state index contributed by atoms with van der Waals surface area (Å²) >= 11 is 0. The summed E-state index contributed by atoms with van der Waals surface area (Å²) in [4.78, 5) is 25.7. The minimum absolute atomic E-state index is 0.207. The van der Waals surface area contributed by atoms with Gasteiger partial charge in [-0.3, -0.25) is 9.11 Å². The van der Waals surface area contributed by atoms with Crippen LogP contribution in [0.1, 0.15) is 70.7 Å². The Kier molecular flexibility index (Phi) is 11.0. The fourth-order valence-electron chi connectivity index (χ4n) is 7.42. The van der Waals surface area contributed by atoms with Crippen LogP contribution in [-0.4, -0.2) is 62.4 Å². The van der Waals surface area contributed by atoms with Gasteiger partial charge in [0.1, 0.15) is 0 Å². The van der Waals surface area contributed by atoms with Crippen molar-refractivity contribution in [3.63, 3.8) is 0 Å². The topological polar surface area (TPSA) is 168 Å². The molecule has 0 spiro atoms. The molecular weight excluding hydrogens is 769 g/mol. The molecule has 57 heavy (non-hydrogen) atoms. The summed E-state index contributed by atoms with van der Waals surface area (Å²) in [5, 5.41) is 0. The number of carbonyl (C=O) groups excluding carboxylic acids is 2. The Morgan fingerprint density at radius 2 is 1.21 bits per heavy atom. The van der Waals surface area contributed by atoms with Crippen LogP contribution in [0.3, 0.4) is 0 Å². The van der Waals surface area contributed by atoms with Crippen LogP contribution in [-0.2, 0) is 53.6 Å². The van der Waals surface area contributed by atoms with Gasteiger partial charge in [-0.2, -0.15) is 21.4 Å². The minimum atomic E-state index is -4.46. The van der Waals surface area contributed by atoms with E-state index in [0.717, 1.165) is 33.9 Å². The molecule has 0 bridgehead atoms. The molecule has 2 N–H and O–H groups in total. The molecule has 0 fully saturated rings. The average Bonchev–Trinajstić information content (AvgIpc) is 3.51. The van der Waals surface area contributed by atoms with Crippen molar-refractivity contribution in [1.82, 2.24) is 0 Å². The van der Waals surface area contributed by atoms with Crippen LogP contribution in [0, 0.1) is 0 Å². The Morgan fingerprint density at radius 1 is 0.684 bits per heavy atom. The lowest BCUT2D eigenvalue weighted by Gasteiger charge is -2.27. The molecule has 0 aliphatic carbocycles. The summed E-state index contributed by atoms with van der Waals surface area (Å²) in [6.45, 7) is 8.67. The van der Waals surface area contributed by atoms with E-state index in [9.17, 15) is 35.5 Å². The molecule has 0 amide bonds. The van der Waals surface area contributed by atoms with Crippen LogP contribution < -0.4 is 4.90 Å². The lowest BCUT2D eigenvalue weighted by molar-refractivity contribution is -0.455. The molecule has 2 heterocycles. The first-order chi connectivity index (χ1) is 26.8. The molecule has 4 aromatic rings. The molecule has 2 aliphatic heterocycles. The van der Waals surface area contributed by atoms with Crippen LogP contribution in [0.15, 0.2) is 131 Å². The quantitative estimate of drug-likeness (QED) is 0.0674. The van der Waals surface area contributed by atoms with Crippen LogP contribution >= 0.6 is 0 Å². The second kappa shape index (κ2) is 15.3. The van der Waals surface area contributed by atoms with E-state index >= 15 is 0 Å². The SMILES string of the molecule is COC(=O)c1ccc(CN2C(=CC=CC=CC3=[N+](Cc4ccc(C(=O)OC)cc4)c4ccc(S(=O)(=O)O)cc4C3(C)C)C(C)(C)c3cc(S(=O)(=O)O)ccc32)cc1. The first-order valence-corrected chi connectivity index (χ1v) is 20.7. The van der Waals surface area contributed by atoms with E-state index in [1.54, 1.807) is 36.4 Å². The number of allylic oxidation sites excluding steroid dienone is 6. The highest BCUT2D eigenvalue weighted by atomic mass is 32.2. The van der Waals surface area contributed by atoms with E-state index in [0.29, 0.717) is 35.3 Å². The van der Waals surface area contributed by atoms with E-state index in [4.69, 9.17) is 9.47 Å². The van der Waals surface area contributed by atoms with Gasteiger partial charge in [0.15, 0.2) is 12.3 Å². The number of benzene rings is 4. The summed E-state index contributed by atoms with van der Waals surface area (Å²) in [5.41, 5.74) is 5.85. The number of carbonyl (C=O) groups is 2. The molecule has 6 rings (SSSR count). The first kappa shape index (κ1) is 41.0. The Balaban J connectivity index is 1.37. The Hall–Kier alpha value is -5.67. The van der Waals surface area contributed by atoms with E-state index in [1.807, 2.05) is 82.3 Å². The summed E-state index contributed by atoms with van der Waals surface area (Å²) in [5.74, 6) is -0.900. The highest BCUT2D eigenvalue weighted by molar-refractivity contribution is 7.86. The number of hydrogen-bond acceptors (Lipinski definition) is 9. The molecule has 0 saturated heterocycles. The second-order valence-electron chi connectivity index (χ2n) is 14.8. The van der Waals surface area contributed by atoms with Gasteiger partial charge in [-0.25, -0.2) is 9.59 Å². The zero-order valence-electron chi connectivity index (χ0n) is 32.3. The minimum Gasteiger partial charge on any atom is -0.465 e. The Bertz CT molecular complexity index is 2620. The number of fused-ring (bicyclic) bond motifs is 2. The lowest BCUT2D eigenvalue weighted by atomic mass is 9.81. The van der Waals surface area contributed by atoms with Crippen molar-refractivity contribution in [3.8, 4) is 0 Å². The molecule has 4 aromatic carbocycles. The van der Waals surface area contributed by atoms with Gasteiger partial charge in [-0.05, 0) is 85.6 Å². The van der Waals surface area contributed by atoms with Gasteiger partial charge in [0, 0.05) is 46.6 Å². The molecule has 14 heteroatoms. The van der Waals surface area contributed by atoms with Gasteiger partial charge in [0.25, 0.3) is 20.2 Å². The predicted octanol–water partition coefficient (Wildman–Crippen LogP) is 7.32. The van der Waals surface area contributed by atoms with Crippen LogP contribution in [0.5, 0.6) is 0 Å². The maximum Gasteiger partial charge on any atom is 0.337 e. The number of anilines is 1. The zero-order chi connectivity index (χ0) is 41.5. The molecule has 296 valence electrons. The van der Waals surface area contributed by atoms with Gasteiger partial charge in [0.05, 0.1) is 40.6 Å². The van der Waals surface area contributed by atoms with Crippen molar-refractivity contribution in [2.45, 2.75) is 61.4 Å². The van der Waals surface area contributed by atoms with Crippen molar-refractivity contribution in [3.05, 3.63) is 154 Å². The van der Waals surface area contributed by atoms with Crippen LogP contribution in [0.4, 0.5) is 11.4 Å². The van der Waals surface area contributed by atoms with E-state index in [-0.39, 0.29) is 9.79 Å². The van der Waals surface area contributed by atoms with Gasteiger partial charge in [0.2, 0.25) is 5.69 Å². The first-order valence-electron chi connectivity index (χ1n) is 17.8. The number of nitrogens with zero attached hydrogens (tertiary/aromatic N) is 2. The van der Waals surface area contributed by atoms with Gasteiger partial charge in [-0.15, -0.1) is 0 Å². The summed E-state index contributed by atoms with van der Waals surface area (Å²) in [6.07, 6.45) is 9.49. The lowest BCUT2D eigenvalue weighted by Crippen LogP contribution is -2.27. The van der Waals surface area contributed by atoms with Gasteiger partial charge >= 0.3 is 11.9 Å². The fraction of sp³-hybridized carbons (Fsp3) is 0.233. The largest absolute Gasteiger partial charge is 0.465 e. The maximum atomic E-state index is 12.1. The average molecular weight is 812 g/mol. The number of esters is 2. The molecule has 0 aromatic heterocycles. The number of hydrogen-bond donors (Lipinski definition) is 2. The smallest absolute Gasteiger partial charge is 0.337 e. The maximum absolute atomic E-state index is 12.1. The predicted molar refractivity (Wildman–Crippen MR) is 215 cm³/mol. The van der Waals surface area contributed by atoms with Gasteiger partial charge < -0.3 is 14.4 Å². The highest BCUT2D eigenvalue weighted by Gasteiger charge is 2.45. The molecule has 2 aliphatic rings. The molecule has 12 nitrogen and oxygen atoms in total. The number of rotatable bonds is 11. The Morgan fingerprint density at radius 3 is 1.75 bits per heavy atom. The summed E-state index contributed by atoms with van der Waals surface area (Å²) in [6, 6.07) is 23.1. The fourth-order valence-corrected chi connectivity index (χ4v) is 8.44. The van der Waals surface area contributed by atoms with Crippen LogP contribution in [0.25, 0.3) is 0 Å². The molecule has 0 atom stereocenters. The third kappa shape index (κ3) is 8.12. The second-order valence-corrected chi connectivity index (χ2v) is 17.6. The third-order valence-electron chi connectivity index (χ3n) is 10.5. The number of methoxy groups -OCH3 is 2. The van der Waals surface area contributed by atoms with E-state index < -0.39 is 43.0 Å². The normalized spacial score (nSPS) is 16.7. The molecule has 0 saturated carbocycles.